The number of nitrogens with zero attached hydrogens (tertiary/aromatic N) is 2. The fraction of sp³-hybridized carbons (Fsp3) is 0.143. The Bertz CT molecular complexity index is 957. The van der Waals surface area contributed by atoms with E-state index in [4.69, 9.17) is 21.7 Å². The molecule has 0 amide bonds. The zero-order valence-electron chi connectivity index (χ0n) is 14.5. The summed E-state index contributed by atoms with van der Waals surface area (Å²) >= 11 is 9.23. The molecule has 1 aliphatic rings. The maximum atomic E-state index is 5.67. The van der Waals surface area contributed by atoms with Crippen molar-refractivity contribution in [2.75, 3.05) is 0 Å². The van der Waals surface area contributed by atoms with Gasteiger partial charge in [0, 0.05) is 17.4 Å². The van der Waals surface area contributed by atoms with Crippen molar-refractivity contribution >= 4 is 39.0 Å². The molecule has 0 saturated carbocycles. The van der Waals surface area contributed by atoms with Crippen molar-refractivity contribution < 1.29 is 4.42 Å². The Morgan fingerprint density at radius 1 is 1.15 bits per heavy atom. The van der Waals surface area contributed by atoms with Crippen molar-refractivity contribution in [1.82, 2.24) is 10.3 Å². The maximum absolute atomic E-state index is 5.67. The van der Waals surface area contributed by atoms with E-state index in [-0.39, 0.29) is 6.04 Å². The van der Waals surface area contributed by atoms with Crippen molar-refractivity contribution in [3.8, 4) is 0 Å². The van der Waals surface area contributed by atoms with Gasteiger partial charge in [-0.05, 0) is 47.6 Å². The van der Waals surface area contributed by atoms with Crippen molar-refractivity contribution in [2.24, 2.45) is 5.10 Å². The molecule has 6 heteroatoms. The van der Waals surface area contributed by atoms with Gasteiger partial charge in [0.2, 0.25) is 0 Å². The minimum atomic E-state index is 0.0263. The van der Waals surface area contributed by atoms with E-state index in [2.05, 4.69) is 45.5 Å². The molecule has 2 heterocycles. The third-order valence-electron chi connectivity index (χ3n) is 4.44. The van der Waals surface area contributed by atoms with E-state index in [9.17, 15) is 0 Å². The van der Waals surface area contributed by atoms with E-state index in [1.165, 1.54) is 5.56 Å². The molecule has 1 N–H and O–H groups in total. The van der Waals surface area contributed by atoms with Crippen molar-refractivity contribution in [2.45, 2.75) is 19.0 Å². The second-order valence-electron chi connectivity index (χ2n) is 6.29. The van der Waals surface area contributed by atoms with Gasteiger partial charge in [0.1, 0.15) is 11.5 Å². The monoisotopic (exact) mass is 439 g/mol. The van der Waals surface area contributed by atoms with Gasteiger partial charge in [-0.3, -0.25) is 0 Å². The molecule has 1 aliphatic heterocycles. The molecule has 0 spiro atoms. The Balaban J connectivity index is 1.57. The van der Waals surface area contributed by atoms with Crippen LogP contribution in [0.3, 0.4) is 0 Å². The highest BCUT2D eigenvalue weighted by Crippen LogP contribution is 2.34. The molecule has 1 aromatic heterocycles. The SMILES string of the molecule is S=C(NCc1ccccc1)N1N=C(c2ccco2)C[C@@H]1c1cccc(Br)c1. The number of benzene rings is 2. The Labute approximate surface area is 172 Å². The van der Waals surface area contributed by atoms with Crippen LogP contribution in [0.25, 0.3) is 0 Å². The van der Waals surface area contributed by atoms with Crippen LogP contribution in [0.5, 0.6) is 0 Å². The molecule has 2 aromatic carbocycles. The molecular weight excluding hydrogens is 422 g/mol. The van der Waals surface area contributed by atoms with Crippen LogP contribution in [0.2, 0.25) is 0 Å². The number of hydrogen-bond donors (Lipinski definition) is 1. The fourth-order valence-electron chi connectivity index (χ4n) is 3.12. The summed E-state index contributed by atoms with van der Waals surface area (Å²) in [7, 11) is 0. The van der Waals surface area contributed by atoms with Gasteiger partial charge in [0.05, 0.1) is 12.3 Å². The van der Waals surface area contributed by atoms with E-state index in [0.29, 0.717) is 11.7 Å². The van der Waals surface area contributed by atoms with Crippen LogP contribution in [0, 0.1) is 0 Å². The van der Waals surface area contributed by atoms with Crippen LogP contribution in [0.1, 0.15) is 29.3 Å². The molecule has 1 atom stereocenters. The number of hydrogen-bond acceptors (Lipinski definition) is 3. The highest BCUT2D eigenvalue weighted by Gasteiger charge is 2.32. The number of thiocarbonyl (C=S) groups is 1. The third kappa shape index (κ3) is 4.12. The molecule has 27 heavy (non-hydrogen) atoms. The predicted octanol–water partition coefficient (Wildman–Crippen LogP) is 5.27. The lowest BCUT2D eigenvalue weighted by molar-refractivity contribution is 0.363. The summed E-state index contributed by atoms with van der Waals surface area (Å²) in [5.74, 6) is 0.781. The first-order valence-electron chi connectivity index (χ1n) is 8.68. The third-order valence-corrected chi connectivity index (χ3v) is 5.27. The molecule has 4 nitrogen and oxygen atoms in total. The average molecular weight is 440 g/mol. The zero-order chi connectivity index (χ0) is 18.6. The Kier molecular flexibility index (Phi) is 5.36. The summed E-state index contributed by atoms with van der Waals surface area (Å²) in [6.45, 7) is 0.660. The molecule has 136 valence electrons. The van der Waals surface area contributed by atoms with Crippen LogP contribution >= 0.6 is 28.1 Å². The first kappa shape index (κ1) is 17.9. The number of rotatable bonds is 4. The van der Waals surface area contributed by atoms with Crippen LogP contribution in [0.15, 0.2) is 87.0 Å². The van der Waals surface area contributed by atoms with Crippen molar-refractivity contribution in [3.63, 3.8) is 0 Å². The number of halogens is 1. The van der Waals surface area contributed by atoms with Gasteiger partial charge in [-0.1, -0.05) is 58.4 Å². The average Bonchev–Trinajstić information content (AvgIpc) is 3.36. The number of nitrogens with one attached hydrogen (secondary N) is 1. The summed E-state index contributed by atoms with van der Waals surface area (Å²) < 4.78 is 6.59. The summed E-state index contributed by atoms with van der Waals surface area (Å²) in [4.78, 5) is 0. The summed E-state index contributed by atoms with van der Waals surface area (Å²) in [5.41, 5.74) is 3.22. The lowest BCUT2D eigenvalue weighted by Crippen LogP contribution is -2.36. The maximum Gasteiger partial charge on any atom is 0.190 e. The molecule has 0 fully saturated rings. The first-order chi connectivity index (χ1) is 13.2. The molecule has 4 rings (SSSR count). The molecule has 0 bridgehead atoms. The standard InChI is InChI=1S/C21H18BrN3OS/c22-17-9-4-8-16(12-17)19-13-18(20-10-5-11-26-20)24-25(19)21(27)23-14-15-6-2-1-3-7-15/h1-12,19H,13-14H2,(H,23,27)/t19-/m1/s1. The highest BCUT2D eigenvalue weighted by atomic mass is 79.9. The van der Waals surface area contributed by atoms with Gasteiger partial charge >= 0.3 is 0 Å². The minimum absolute atomic E-state index is 0.0263. The van der Waals surface area contributed by atoms with Crippen molar-refractivity contribution in [1.29, 1.82) is 0 Å². The van der Waals surface area contributed by atoms with Crippen LogP contribution in [-0.4, -0.2) is 15.8 Å². The molecule has 0 radical (unpaired) electrons. The van der Waals surface area contributed by atoms with E-state index in [0.717, 1.165) is 27.9 Å². The van der Waals surface area contributed by atoms with E-state index in [1.807, 2.05) is 47.5 Å². The van der Waals surface area contributed by atoms with Crippen LogP contribution in [0.4, 0.5) is 0 Å². The van der Waals surface area contributed by atoms with Gasteiger partial charge in [0.25, 0.3) is 0 Å². The van der Waals surface area contributed by atoms with Crippen molar-refractivity contribution in [3.05, 3.63) is 94.4 Å². The lowest BCUT2D eigenvalue weighted by atomic mass is 10.0. The zero-order valence-corrected chi connectivity index (χ0v) is 16.9. The first-order valence-corrected chi connectivity index (χ1v) is 9.88. The fourth-order valence-corrected chi connectivity index (χ4v) is 3.77. The molecule has 0 aliphatic carbocycles. The van der Waals surface area contributed by atoms with Crippen LogP contribution in [-0.2, 0) is 6.54 Å². The predicted molar refractivity (Wildman–Crippen MR) is 114 cm³/mol. The van der Waals surface area contributed by atoms with E-state index >= 15 is 0 Å². The summed E-state index contributed by atoms with van der Waals surface area (Å²) in [6.07, 6.45) is 2.40. The second kappa shape index (κ2) is 8.06. The molecular formula is C21H18BrN3OS. The van der Waals surface area contributed by atoms with E-state index < -0.39 is 0 Å². The summed E-state index contributed by atoms with van der Waals surface area (Å²) in [6, 6.07) is 22.3. The Hall–Kier alpha value is -2.44. The van der Waals surface area contributed by atoms with Gasteiger partial charge < -0.3 is 9.73 Å². The van der Waals surface area contributed by atoms with Gasteiger partial charge in [0.15, 0.2) is 5.11 Å². The second-order valence-corrected chi connectivity index (χ2v) is 7.59. The Morgan fingerprint density at radius 3 is 2.74 bits per heavy atom. The normalized spacial score (nSPS) is 16.3. The highest BCUT2D eigenvalue weighted by molar-refractivity contribution is 9.10. The largest absolute Gasteiger partial charge is 0.463 e. The lowest BCUT2D eigenvalue weighted by Gasteiger charge is -2.25. The Morgan fingerprint density at radius 2 is 2.00 bits per heavy atom. The van der Waals surface area contributed by atoms with Crippen LogP contribution < -0.4 is 5.32 Å². The molecule has 0 unspecified atom stereocenters. The quantitative estimate of drug-likeness (QED) is 0.562. The van der Waals surface area contributed by atoms with Gasteiger partial charge in [-0.25, -0.2) is 5.01 Å². The number of furan rings is 1. The van der Waals surface area contributed by atoms with Gasteiger partial charge in [-0.2, -0.15) is 5.10 Å². The number of hydrazone groups is 1. The minimum Gasteiger partial charge on any atom is -0.463 e. The molecule has 3 aromatic rings. The summed E-state index contributed by atoms with van der Waals surface area (Å²) in [5, 5.41) is 10.6. The molecule has 0 saturated heterocycles. The van der Waals surface area contributed by atoms with E-state index in [1.54, 1.807) is 6.26 Å². The smallest absolute Gasteiger partial charge is 0.190 e. The van der Waals surface area contributed by atoms with Gasteiger partial charge in [-0.15, -0.1) is 0 Å². The topological polar surface area (TPSA) is 40.8 Å².